The van der Waals surface area contributed by atoms with Gasteiger partial charge in [0.15, 0.2) is 0 Å². The molecule has 1 aromatic heterocycles. The Hall–Kier alpha value is -0.870. The van der Waals surface area contributed by atoms with E-state index < -0.39 is 0 Å². The molecule has 1 N–H and O–H groups in total. The fraction of sp³-hybridized carbons (Fsp3) is 0.667. The smallest absolute Gasteiger partial charge is 0.223 e. The van der Waals surface area contributed by atoms with Gasteiger partial charge in [-0.1, -0.05) is 6.07 Å². The number of amides is 1. The largest absolute Gasteiger partial charge is 0.335 e. The number of fused-ring (bicyclic) bond motifs is 2. The third-order valence-corrected chi connectivity index (χ3v) is 5.27. The van der Waals surface area contributed by atoms with E-state index in [1.165, 1.54) is 17.7 Å². The highest BCUT2D eigenvalue weighted by atomic mass is 32.1. The van der Waals surface area contributed by atoms with Crippen LogP contribution in [0.2, 0.25) is 0 Å². The van der Waals surface area contributed by atoms with Gasteiger partial charge in [-0.25, -0.2) is 0 Å². The SMILES string of the molecule is O=C(CCCc1cccs1)N1[C@H]2CCNC[C@@H]1CC2. The van der Waals surface area contributed by atoms with Crippen molar-refractivity contribution in [3.05, 3.63) is 22.4 Å². The standard InChI is InChI=1S/C15H22N2OS/c18-15(5-1-3-14-4-2-10-19-14)17-12-6-7-13(17)11-16-9-8-12/h2,4,10,12-13,16H,1,3,5-9,11H2/t12-,13+/m1/s1. The number of rotatable bonds is 4. The second kappa shape index (κ2) is 6.06. The Labute approximate surface area is 119 Å². The Kier molecular flexibility index (Phi) is 4.18. The van der Waals surface area contributed by atoms with Gasteiger partial charge < -0.3 is 10.2 Å². The van der Waals surface area contributed by atoms with Crippen molar-refractivity contribution in [1.82, 2.24) is 10.2 Å². The van der Waals surface area contributed by atoms with Gasteiger partial charge in [-0.2, -0.15) is 0 Å². The van der Waals surface area contributed by atoms with Crippen molar-refractivity contribution < 1.29 is 4.79 Å². The molecule has 3 heterocycles. The van der Waals surface area contributed by atoms with E-state index in [4.69, 9.17) is 0 Å². The Morgan fingerprint density at radius 3 is 3.11 bits per heavy atom. The molecule has 2 aliphatic heterocycles. The Morgan fingerprint density at radius 1 is 1.37 bits per heavy atom. The topological polar surface area (TPSA) is 32.3 Å². The van der Waals surface area contributed by atoms with Crippen molar-refractivity contribution in [2.45, 2.75) is 50.6 Å². The molecular formula is C15H22N2OS. The van der Waals surface area contributed by atoms with E-state index in [9.17, 15) is 4.79 Å². The first kappa shape index (κ1) is 13.1. The molecule has 3 nitrogen and oxygen atoms in total. The van der Waals surface area contributed by atoms with Gasteiger partial charge in [-0.15, -0.1) is 11.3 Å². The Morgan fingerprint density at radius 2 is 2.26 bits per heavy atom. The molecule has 2 aliphatic rings. The van der Waals surface area contributed by atoms with Crippen LogP contribution >= 0.6 is 11.3 Å². The number of nitrogens with zero attached hydrogens (tertiary/aromatic N) is 1. The van der Waals surface area contributed by atoms with Crippen LogP contribution in [0.5, 0.6) is 0 Å². The highest BCUT2D eigenvalue weighted by Gasteiger charge is 2.37. The zero-order chi connectivity index (χ0) is 13.1. The zero-order valence-electron chi connectivity index (χ0n) is 11.3. The molecule has 2 fully saturated rings. The molecule has 0 saturated carbocycles. The molecule has 1 amide bonds. The molecule has 4 heteroatoms. The number of hydrogen-bond acceptors (Lipinski definition) is 3. The number of nitrogens with one attached hydrogen (secondary N) is 1. The van der Waals surface area contributed by atoms with E-state index in [1.54, 1.807) is 11.3 Å². The van der Waals surface area contributed by atoms with Gasteiger partial charge in [0.1, 0.15) is 0 Å². The third-order valence-electron chi connectivity index (χ3n) is 4.34. The summed E-state index contributed by atoms with van der Waals surface area (Å²) in [7, 11) is 0. The Bertz CT molecular complexity index is 404. The molecule has 0 spiro atoms. The van der Waals surface area contributed by atoms with Crippen molar-refractivity contribution in [3.63, 3.8) is 0 Å². The Balaban J connectivity index is 1.52. The molecule has 0 radical (unpaired) electrons. The van der Waals surface area contributed by atoms with E-state index in [2.05, 4.69) is 27.7 Å². The summed E-state index contributed by atoms with van der Waals surface area (Å²) in [5.41, 5.74) is 0. The molecular weight excluding hydrogens is 256 g/mol. The summed E-state index contributed by atoms with van der Waals surface area (Å²) in [4.78, 5) is 16.0. The molecule has 3 rings (SSSR count). The first-order chi connectivity index (χ1) is 9.34. The summed E-state index contributed by atoms with van der Waals surface area (Å²) in [6, 6.07) is 5.22. The molecule has 2 bridgehead atoms. The first-order valence-corrected chi connectivity index (χ1v) is 8.27. The molecule has 1 aromatic rings. The zero-order valence-corrected chi connectivity index (χ0v) is 12.1. The van der Waals surface area contributed by atoms with Crippen molar-refractivity contribution in [2.24, 2.45) is 0 Å². The fourth-order valence-electron chi connectivity index (χ4n) is 3.39. The van der Waals surface area contributed by atoms with Crippen LogP contribution in [0.25, 0.3) is 0 Å². The maximum absolute atomic E-state index is 12.4. The fourth-order valence-corrected chi connectivity index (χ4v) is 4.14. The molecule has 104 valence electrons. The van der Waals surface area contributed by atoms with E-state index in [0.29, 0.717) is 24.4 Å². The van der Waals surface area contributed by atoms with Gasteiger partial charge in [-0.3, -0.25) is 4.79 Å². The quantitative estimate of drug-likeness (QED) is 0.917. The van der Waals surface area contributed by atoms with E-state index in [0.717, 1.165) is 32.4 Å². The summed E-state index contributed by atoms with van der Waals surface area (Å²) >= 11 is 1.79. The number of thiophene rings is 1. The summed E-state index contributed by atoms with van der Waals surface area (Å²) in [6.45, 7) is 2.06. The van der Waals surface area contributed by atoms with E-state index >= 15 is 0 Å². The molecule has 0 aromatic carbocycles. The predicted octanol–water partition coefficient (Wildman–Crippen LogP) is 2.42. The van der Waals surface area contributed by atoms with E-state index in [-0.39, 0.29) is 0 Å². The van der Waals surface area contributed by atoms with Gasteiger partial charge in [0, 0.05) is 29.9 Å². The van der Waals surface area contributed by atoms with Gasteiger partial charge in [0.05, 0.1) is 0 Å². The van der Waals surface area contributed by atoms with Crippen molar-refractivity contribution in [3.8, 4) is 0 Å². The van der Waals surface area contributed by atoms with Crippen LogP contribution in [0.15, 0.2) is 17.5 Å². The average Bonchev–Trinajstić information content (AvgIpc) is 2.96. The van der Waals surface area contributed by atoms with Gasteiger partial charge in [0.2, 0.25) is 5.91 Å². The lowest BCUT2D eigenvalue weighted by Gasteiger charge is -2.28. The molecule has 0 unspecified atom stereocenters. The summed E-state index contributed by atoms with van der Waals surface area (Å²) in [5.74, 6) is 0.382. The van der Waals surface area contributed by atoms with Crippen molar-refractivity contribution in [1.29, 1.82) is 0 Å². The second-order valence-electron chi connectivity index (χ2n) is 5.61. The summed E-state index contributed by atoms with van der Waals surface area (Å²) < 4.78 is 0. The lowest BCUT2D eigenvalue weighted by Crippen LogP contribution is -2.42. The van der Waals surface area contributed by atoms with Gasteiger partial charge >= 0.3 is 0 Å². The van der Waals surface area contributed by atoms with Gasteiger partial charge in [-0.05, 0) is 50.1 Å². The minimum Gasteiger partial charge on any atom is -0.335 e. The molecule has 0 aliphatic carbocycles. The maximum Gasteiger partial charge on any atom is 0.223 e. The number of aryl methyl sites for hydroxylation is 1. The first-order valence-electron chi connectivity index (χ1n) is 7.39. The van der Waals surface area contributed by atoms with Gasteiger partial charge in [0.25, 0.3) is 0 Å². The molecule has 2 atom stereocenters. The van der Waals surface area contributed by atoms with E-state index in [1.807, 2.05) is 0 Å². The minimum absolute atomic E-state index is 0.382. The number of carbonyl (C=O) groups is 1. The monoisotopic (exact) mass is 278 g/mol. The van der Waals surface area contributed by atoms with Crippen molar-refractivity contribution >= 4 is 17.2 Å². The number of carbonyl (C=O) groups excluding carboxylic acids is 1. The van der Waals surface area contributed by atoms with Crippen LogP contribution < -0.4 is 5.32 Å². The summed E-state index contributed by atoms with van der Waals surface area (Å²) in [6.07, 6.45) is 6.28. The van der Waals surface area contributed by atoms with Crippen LogP contribution in [-0.4, -0.2) is 36.0 Å². The third kappa shape index (κ3) is 3.00. The lowest BCUT2D eigenvalue weighted by atomic mass is 10.1. The predicted molar refractivity (Wildman–Crippen MR) is 78.4 cm³/mol. The number of hydrogen-bond donors (Lipinski definition) is 1. The highest BCUT2D eigenvalue weighted by molar-refractivity contribution is 7.09. The average molecular weight is 278 g/mol. The van der Waals surface area contributed by atoms with Crippen LogP contribution in [0.3, 0.4) is 0 Å². The molecule has 19 heavy (non-hydrogen) atoms. The summed E-state index contributed by atoms with van der Waals surface area (Å²) in [5, 5.41) is 5.56. The van der Waals surface area contributed by atoms with Crippen LogP contribution in [0, 0.1) is 0 Å². The van der Waals surface area contributed by atoms with Crippen LogP contribution in [0.4, 0.5) is 0 Å². The minimum atomic E-state index is 0.382. The maximum atomic E-state index is 12.4. The van der Waals surface area contributed by atoms with Crippen LogP contribution in [-0.2, 0) is 11.2 Å². The highest BCUT2D eigenvalue weighted by Crippen LogP contribution is 2.28. The lowest BCUT2D eigenvalue weighted by molar-refractivity contribution is -0.133. The van der Waals surface area contributed by atoms with Crippen molar-refractivity contribution in [2.75, 3.05) is 13.1 Å². The van der Waals surface area contributed by atoms with Crippen LogP contribution in [0.1, 0.15) is 37.0 Å². The normalized spacial score (nSPS) is 26.4. The second-order valence-corrected chi connectivity index (χ2v) is 6.64. The molecule has 2 saturated heterocycles.